The number of ether oxygens (including phenoxy) is 1. The summed E-state index contributed by atoms with van der Waals surface area (Å²) in [6.45, 7) is 5.14. The molecule has 1 rings (SSSR count). The number of unbranched alkanes of at least 4 members (excludes halogenated alkanes) is 1. The molecule has 23 heavy (non-hydrogen) atoms. The Morgan fingerprint density at radius 1 is 1.13 bits per heavy atom. The molecule has 0 aliphatic heterocycles. The predicted octanol–water partition coefficient (Wildman–Crippen LogP) is 3.18. The highest BCUT2D eigenvalue weighted by atomic mass is 16.5. The molecule has 0 atom stereocenters. The van der Waals surface area contributed by atoms with Crippen LogP contribution >= 0.6 is 0 Å². The van der Waals surface area contributed by atoms with Crippen LogP contribution in [0.5, 0.6) is 5.75 Å². The first kappa shape index (κ1) is 19.0. The van der Waals surface area contributed by atoms with Crippen molar-refractivity contribution in [3.05, 3.63) is 29.3 Å². The first-order valence-electron chi connectivity index (χ1n) is 8.06. The van der Waals surface area contributed by atoms with E-state index in [0.717, 1.165) is 24.2 Å². The van der Waals surface area contributed by atoms with Gasteiger partial charge in [-0.3, -0.25) is 9.59 Å². The molecule has 0 saturated carbocycles. The molecular weight excluding hydrogens is 294 g/mol. The van der Waals surface area contributed by atoms with Crippen molar-refractivity contribution >= 4 is 11.9 Å². The third-order valence-corrected chi connectivity index (χ3v) is 3.70. The van der Waals surface area contributed by atoms with E-state index in [1.807, 2.05) is 26.0 Å². The third kappa shape index (κ3) is 7.68. The lowest BCUT2D eigenvalue weighted by Crippen LogP contribution is -2.27. The van der Waals surface area contributed by atoms with Crippen molar-refractivity contribution in [3.8, 4) is 5.75 Å². The molecule has 0 saturated heterocycles. The van der Waals surface area contributed by atoms with Gasteiger partial charge in [-0.2, -0.15) is 0 Å². The smallest absolute Gasteiger partial charge is 0.303 e. The van der Waals surface area contributed by atoms with E-state index in [1.165, 1.54) is 5.56 Å². The average Bonchev–Trinajstić information content (AvgIpc) is 2.49. The maximum Gasteiger partial charge on any atom is 0.303 e. The van der Waals surface area contributed by atoms with Gasteiger partial charge >= 0.3 is 5.97 Å². The molecule has 0 spiro atoms. The molecule has 1 aromatic rings. The van der Waals surface area contributed by atoms with Crippen LogP contribution in [-0.4, -0.2) is 42.1 Å². The summed E-state index contributed by atoms with van der Waals surface area (Å²) in [4.78, 5) is 23.9. The Morgan fingerprint density at radius 2 is 1.87 bits per heavy atom. The second kappa shape index (κ2) is 9.87. The van der Waals surface area contributed by atoms with E-state index in [-0.39, 0.29) is 12.3 Å². The summed E-state index contributed by atoms with van der Waals surface area (Å²) < 4.78 is 5.76. The van der Waals surface area contributed by atoms with E-state index in [1.54, 1.807) is 11.9 Å². The summed E-state index contributed by atoms with van der Waals surface area (Å²) in [5.41, 5.74) is 2.29. The maximum absolute atomic E-state index is 11.9. The van der Waals surface area contributed by atoms with Crippen molar-refractivity contribution in [2.24, 2.45) is 0 Å². The van der Waals surface area contributed by atoms with Crippen molar-refractivity contribution < 1.29 is 19.4 Å². The van der Waals surface area contributed by atoms with Gasteiger partial charge in [-0.05, 0) is 50.3 Å². The van der Waals surface area contributed by atoms with Gasteiger partial charge in [0.1, 0.15) is 5.75 Å². The number of amides is 1. The molecule has 5 nitrogen and oxygen atoms in total. The van der Waals surface area contributed by atoms with E-state index in [9.17, 15) is 9.59 Å². The summed E-state index contributed by atoms with van der Waals surface area (Å²) in [5, 5.41) is 8.58. The first-order chi connectivity index (χ1) is 10.9. The number of carbonyl (C=O) groups is 2. The Hall–Kier alpha value is -2.04. The topological polar surface area (TPSA) is 66.8 Å². The number of aliphatic carboxylic acids is 1. The molecule has 1 amide bonds. The van der Waals surface area contributed by atoms with Crippen LogP contribution in [0.3, 0.4) is 0 Å². The van der Waals surface area contributed by atoms with Gasteiger partial charge in [-0.15, -0.1) is 0 Å². The Morgan fingerprint density at radius 3 is 2.57 bits per heavy atom. The minimum Gasteiger partial charge on any atom is -0.493 e. The van der Waals surface area contributed by atoms with Crippen LogP contribution in [0, 0.1) is 13.8 Å². The number of carbonyl (C=O) groups excluding carboxylic acids is 1. The van der Waals surface area contributed by atoms with Crippen molar-refractivity contribution in [1.82, 2.24) is 4.90 Å². The van der Waals surface area contributed by atoms with E-state index in [0.29, 0.717) is 26.0 Å². The van der Waals surface area contributed by atoms with Gasteiger partial charge in [-0.25, -0.2) is 0 Å². The molecule has 0 heterocycles. The summed E-state index contributed by atoms with van der Waals surface area (Å²) in [5.74, 6) is 0.138. The average molecular weight is 321 g/mol. The van der Waals surface area contributed by atoms with Crippen LogP contribution in [0.4, 0.5) is 0 Å². The zero-order chi connectivity index (χ0) is 17.2. The van der Waals surface area contributed by atoms with Gasteiger partial charge in [-0.1, -0.05) is 12.1 Å². The maximum atomic E-state index is 11.9. The quantitative estimate of drug-likeness (QED) is 0.672. The molecule has 0 bridgehead atoms. The fraction of sp³-hybridized carbons (Fsp3) is 0.556. The molecule has 1 aromatic carbocycles. The van der Waals surface area contributed by atoms with Gasteiger partial charge < -0.3 is 14.7 Å². The number of rotatable bonds is 10. The fourth-order valence-electron chi connectivity index (χ4n) is 2.21. The van der Waals surface area contributed by atoms with Crippen LogP contribution in [0.2, 0.25) is 0 Å². The zero-order valence-corrected chi connectivity index (χ0v) is 14.3. The van der Waals surface area contributed by atoms with Crippen LogP contribution in [-0.2, 0) is 9.59 Å². The van der Waals surface area contributed by atoms with Gasteiger partial charge in [0.2, 0.25) is 5.91 Å². The molecule has 0 unspecified atom stereocenters. The van der Waals surface area contributed by atoms with E-state index in [4.69, 9.17) is 9.84 Å². The van der Waals surface area contributed by atoms with Crippen molar-refractivity contribution in [2.45, 2.75) is 46.0 Å². The lowest BCUT2D eigenvalue weighted by atomic mass is 10.1. The van der Waals surface area contributed by atoms with E-state index in [2.05, 4.69) is 6.07 Å². The summed E-state index contributed by atoms with van der Waals surface area (Å²) >= 11 is 0. The molecule has 1 N–H and O–H groups in total. The minimum absolute atomic E-state index is 0.0575. The highest BCUT2D eigenvalue weighted by Crippen LogP contribution is 2.19. The lowest BCUT2D eigenvalue weighted by molar-refractivity contribution is -0.138. The van der Waals surface area contributed by atoms with Crippen LogP contribution in [0.25, 0.3) is 0 Å². The monoisotopic (exact) mass is 321 g/mol. The van der Waals surface area contributed by atoms with Crippen molar-refractivity contribution in [1.29, 1.82) is 0 Å². The SMILES string of the molecule is Cc1ccc(C)c(OCCCCC(=O)N(C)CCCC(=O)O)c1. The Bertz CT molecular complexity index is 528. The first-order valence-corrected chi connectivity index (χ1v) is 8.06. The summed E-state index contributed by atoms with van der Waals surface area (Å²) in [6, 6.07) is 6.12. The zero-order valence-electron chi connectivity index (χ0n) is 14.3. The number of benzene rings is 1. The molecule has 0 aliphatic carbocycles. The largest absolute Gasteiger partial charge is 0.493 e. The Balaban J connectivity index is 2.17. The van der Waals surface area contributed by atoms with Crippen LogP contribution in [0.1, 0.15) is 43.2 Å². The summed E-state index contributed by atoms with van der Waals surface area (Å²) in [6.07, 6.45) is 2.66. The number of aryl methyl sites for hydroxylation is 2. The van der Waals surface area contributed by atoms with Crippen molar-refractivity contribution in [2.75, 3.05) is 20.2 Å². The Kier molecular flexibility index (Phi) is 8.16. The van der Waals surface area contributed by atoms with Crippen LogP contribution in [0.15, 0.2) is 18.2 Å². The number of carboxylic acid groups (broad SMARTS) is 1. The van der Waals surface area contributed by atoms with Gasteiger partial charge in [0.05, 0.1) is 6.61 Å². The third-order valence-electron chi connectivity index (χ3n) is 3.70. The molecule has 0 aromatic heterocycles. The molecule has 5 heteroatoms. The molecular formula is C18H27NO4. The highest BCUT2D eigenvalue weighted by Gasteiger charge is 2.09. The van der Waals surface area contributed by atoms with Gasteiger partial charge in [0.15, 0.2) is 0 Å². The fourth-order valence-corrected chi connectivity index (χ4v) is 2.21. The second-order valence-electron chi connectivity index (χ2n) is 5.89. The molecule has 0 radical (unpaired) electrons. The van der Waals surface area contributed by atoms with E-state index >= 15 is 0 Å². The second-order valence-corrected chi connectivity index (χ2v) is 5.89. The Labute approximate surface area is 138 Å². The number of nitrogens with zero attached hydrogens (tertiary/aromatic N) is 1. The molecule has 0 aliphatic rings. The van der Waals surface area contributed by atoms with Gasteiger partial charge in [0, 0.05) is 26.4 Å². The normalized spacial score (nSPS) is 10.4. The summed E-state index contributed by atoms with van der Waals surface area (Å²) in [7, 11) is 1.72. The van der Waals surface area contributed by atoms with Crippen molar-refractivity contribution in [3.63, 3.8) is 0 Å². The van der Waals surface area contributed by atoms with Gasteiger partial charge in [0.25, 0.3) is 0 Å². The van der Waals surface area contributed by atoms with E-state index < -0.39 is 5.97 Å². The minimum atomic E-state index is -0.825. The van der Waals surface area contributed by atoms with Crippen LogP contribution < -0.4 is 4.74 Å². The highest BCUT2D eigenvalue weighted by molar-refractivity contribution is 5.75. The predicted molar refractivity (Wildman–Crippen MR) is 89.8 cm³/mol. The standard InChI is InChI=1S/C18H27NO4/c1-14-9-10-15(2)16(13-14)23-12-5-4-7-17(20)19(3)11-6-8-18(21)22/h9-10,13H,4-8,11-12H2,1-3H3,(H,21,22). The molecule has 128 valence electrons. The number of carboxylic acids is 1. The number of hydrogen-bond acceptors (Lipinski definition) is 3. The molecule has 0 fully saturated rings. The number of hydrogen-bond donors (Lipinski definition) is 1. The lowest BCUT2D eigenvalue weighted by Gasteiger charge is -2.16.